The van der Waals surface area contributed by atoms with Gasteiger partial charge in [0.15, 0.2) is 0 Å². The maximum Gasteiger partial charge on any atom is 0.352 e. The Morgan fingerprint density at radius 3 is 2.37 bits per heavy atom. The highest BCUT2D eigenvalue weighted by Gasteiger charge is 2.29. The summed E-state index contributed by atoms with van der Waals surface area (Å²) in [6, 6.07) is -0.0352. The fourth-order valence-corrected chi connectivity index (χ4v) is 4.42. The van der Waals surface area contributed by atoms with Crippen molar-refractivity contribution in [2.24, 2.45) is 0 Å². The van der Waals surface area contributed by atoms with E-state index in [9.17, 15) is 13.2 Å². The Hall–Kier alpha value is -1.34. The van der Waals surface area contributed by atoms with Gasteiger partial charge in [-0.05, 0) is 26.7 Å². The number of carbonyl (C=O) groups is 1. The van der Waals surface area contributed by atoms with Crippen molar-refractivity contribution >= 4 is 16.0 Å². The first kappa shape index (κ1) is 14.1. The summed E-state index contributed by atoms with van der Waals surface area (Å²) in [5.41, 5.74) is 0.556. The molecule has 0 saturated heterocycles. The Morgan fingerprint density at radius 2 is 1.89 bits per heavy atom. The standard InChI is InChI=1S/C12H18N2O4S/c1-7-10(12(15)16)13-8(2)11(7)19(17,18)14-9-5-3-4-6-9/h9,13-14H,3-6H2,1-2H3,(H,15,16). The molecule has 1 heterocycles. The van der Waals surface area contributed by atoms with Crippen molar-refractivity contribution in [1.82, 2.24) is 9.71 Å². The minimum atomic E-state index is -3.66. The molecule has 0 amide bonds. The Bertz CT molecular complexity index is 597. The van der Waals surface area contributed by atoms with Gasteiger partial charge in [-0.3, -0.25) is 0 Å². The van der Waals surface area contributed by atoms with Crippen LogP contribution in [-0.4, -0.2) is 30.5 Å². The molecule has 7 heteroatoms. The van der Waals surface area contributed by atoms with Crippen LogP contribution in [0.25, 0.3) is 0 Å². The molecule has 0 bridgehead atoms. The molecular formula is C12H18N2O4S. The molecule has 2 rings (SSSR count). The number of aryl methyl sites for hydroxylation is 1. The van der Waals surface area contributed by atoms with Gasteiger partial charge in [-0.25, -0.2) is 17.9 Å². The molecule has 6 nitrogen and oxygen atoms in total. The first-order valence-electron chi connectivity index (χ1n) is 6.27. The van der Waals surface area contributed by atoms with Gasteiger partial charge in [-0.2, -0.15) is 0 Å². The minimum absolute atomic E-state index is 0.0352. The molecule has 0 aromatic carbocycles. The molecule has 1 aliphatic rings. The van der Waals surface area contributed by atoms with Crippen LogP contribution in [0.3, 0.4) is 0 Å². The van der Waals surface area contributed by atoms with Crippen LogP contribution < -0.4 is 4.72 Å². The molecule has 0 atom stereocenters. The number of aromatic nitrogens is 1. The number of carboxylic acid groups (broad SMARTS) is 1. The van der Waals surface area contributed by atoms with E-state index in [1.807, 2.05) is 0 Å². The maximum atomic E-state index is 12.3. The third-order valence-corrected chi connectivity index (χ3v) is 5.32. The zero-order valence-corrected chi connectivity index (χ0v) is 11.8. The second kappa shape index (κ2) is 4.97. The summed E-state index contributed by atoms with van der Waals surface area (Å²) >= 11 is 0. The number of rotatable bonds is 4. The molecule has 0 radical (unpaired) electrons. The monoisotopic (exact) mass is 286 g/mol. The number of aromatic carboxylic acids is 1. The van der Waals surface area contributed by atoms with Gasteiger partial charge in [0.2, 0.25) is 10.0 Å². The summed E-state index contributed by atoms with van der Waals surface area (Å²) in [6.45, 7) is 3.08. The molecule has 0 unspecified atom stereocenters. The number of nitrogens with one attached hydrogen (secondary N) is 2. The Balaban J connectivity index is 2.37. The van der Waals surface area contributed by atoms with Crippen LogP contribution in [0.5, 0.6) is 0 Å². The predicted octanol–water partition coefficient (Wildman–Crippen LogP) is 1.55. The van der Waals surface area contributed by atoms with E-state index >= 15 is 0 Å². The number of hydrogen-bond donors (Lipinski definition) is 3. The molecule has 106 valence electrons. The molecule has 1 aromatic heterocycles. The van der Waals surface area contributed by atoms with E-state index in [2.05, 4.69) is 9.71 Å². The van der Waals surface area contributed by atoms with E-state index in [1.165, 1.54) is 6.92 Å². The summed E-state index contributed by atoms with van der Waals surface area (Å²) in [5, 5.41) is 9.01. The Labute approximate surface area is 112 Å². The second-order valence-electron chi connectivity index (χ2n) is 4.99. The number of carboxylic acids is 1. The molecule has 1 aliphatic carbocycles. The first-order chi connectivity index (χ1) is 8.83. The number of aromatic amines is 1. The van der Waals surface area contributed by atoms with Crippen LogP contribution in [0.4, 0.5) is 0 Å². The van der Waals surface area contributed by atoms with Gasteiger partial charge in [0, 0.05) is 17.3 Å². The summed E-state index contributed by atoms with van der Waals surface area (Å²) in [7, 11) is -3.66. The molecule has 19 heavy (non-hydrogen) atoms. The van der Waals surface area contributed by atoms with E-state index in [0.29, 0.717) is 5.69 Å². The van der Waals surface area contributed by atoms with E-state index in [-0.39, 0.29) is 22.2 Å². The average Bonchev–Trinajstić information content (AvgIpc) is 2.86. The maximum absolute atomic E-state index is 12.3. The summed E-state index contributed by atoms with van der Waals surface area (Å²) in [4.78, 5) is 13.7. The van der Waals surface area contributed by atoms with E-state index < -0.39 is 16.0 Å². The van der Waals surface area contributed by atoms with Gasteiger partial charge in [-0.1, -0.05) is 12.8 Å². The normalized spacial score (nSPS) is 16.9. The Kier molecular flexibility index (Phi) is 3.69. The summed E-state index contributed by atoms with van der Waals surface area (Å²) in [6.07, 6.45) is 3.73. The molecule has 0 aliphatic heterocycles. The van der Waals surface area contributed by atoms with Crippen molar-refractivity contribution in [2.75, 3.05) is 0 Å². The van der Waals surface area contributed by atoms with Crippen molar-refractivity contribution in [1.29, 1.82) is 0 Å². The second-order valence-corrected chi connectivity index (χ2v) is 6.64. The van der Waals surface area contributed by atoms with Crippen LogP contribution in [0, 0.1) is 13.8 Å². The third-order valence-electron chi connectivity index (χ3n) is 3.53. The molecular weight excluding hydrogens is 268 g/mol. The molecule has 0 spiro atoms. The zero-order valence-electron chi connectivity index (χ0n) is 11.0. The fraction of sp³-hybridized carbons (Fsp3) is 0.583. The SMILES string of the molecule is Cc1[nH]c(C(=O)O)c(C)c1S(=O)(=O)NC1CCCC1. The van der Waals surface area contributed by atoms with Crippen LogP contribution in [0.1, 0.15) is 47.4 Å². The number of sulfonamides is 1. The fourth-order valence-electron chi connectivity index (χ4n) is 2.67. The number of H-pyrrole nitrogens is 1. The lowest BCUT2D eigenvalue weighted by atomic mass is 10.2. The highest BCUT2D eigenvalue weighted by Crippen LogP contribution is 2.25. The third kappa shape index (κ3) is 2.66. The van der Waals surface area contributed by atoms with Gasteiger partial charge in [-0.15, -0.1) is 0 Å². The van der Waals surface area contributed by atoms with Gasteiger partial charge in [0.25, 0.3) is 0 Å². The quantitative estimate of drug-likeness (QED) is 0.782. The van der Waals surface area contributed by atoms with Crippen molar-refractivity contribution in [2.45, 2.75) is 50.5 Å². The smallest absolute Gasteiger partial charge is 0.352 e. The van der Waals surface area contributed by atoms with E-state index in [0.717, 1.165) is 25.7 Å². The van der Waals surface area contributed by atoms with Crippen molar-refractivity contribution in [3.63, 3.8) is 0 Å². The Morgan fingerprint density at radius 1 is 1.32 bits per heavy atom. The van der Waals surface area contributed by atoms with Gasteiger partial charge >= 0.3 is 5.97 Å². The van der Waals surface area contributed by atoms with E-state index in [1.54, 1.807) is 6.92 Å². The van der Waals surface area contributed by atoms with Gasteiger partial charge in [0.1, 0.15) is 10.6 Å². The van der Waals surface area contributed by atoms with Crippen LogP contribution in [-0.2, 0) is 10.0 Å². The molecule has 1 fully saturated rings. The molecule has 1 saturated carbocycles. The van der Waals surface area contributed by atoms with Gasteiger partial charge < -0.3 is 10.1 Å². The minimum Gasteiger partial charge on any atom is -0.477 e. The van der Waals surface area contributed by atoms with E-state index in [4.69, 9.17) is 5.11 Å². The number of hydrogen-bond acceptors (Lipinski definition) is 3. The topological polar surface area (TPSA) is 99.3 Å². The lowest BCUT2D eigenvalue weighted by Gasteiger charge is -2.13. The lowest BCUT2D eigenvalue weighted by molar-refractivity contribution is 0.0690. The lowest BCUT2D eigenvalue weighted by Crippen LogP contribution is -2.33. The predicted molar refractivity (Wildman–Crippen MR) is 69.8 cm³/mol. The van der Waals surface area contributed by atoms with Crippen molar-refractivity contribution in [3.8, 4) is 0 Å². The van der Waals surface area contributed by atoms with Crippen LogP contribution >= 0.6 is 0 Å². The largest absolute Gasteiger partial charge is 0.477 e. The highest BCUT2D eigenvalue weighted by molar-refractivity contribution is 7.89. The zero-order chi connectivity index (χ0) is 14.2. The summed E-state index contributed by atoms with van der Waals surface area (Å²) in [5.74, 6) is -1.15. The molecule has 1 aromatic rings. The highest BCUT2D eigenvalue weighted by atomic mass is 32.2. The van der Waals surface area contributed by atoms with Crippen molar-refractivity contribution in [3.05, 3.63) is 17.0 Å². The van der Waals surface area contributed by atoms with Crippen LogP contribution in [0.2, 0.25) is 0 Å². The van der Waals surface area contributed by atoms with Crippen LogP contribution in [0.15, 0.2) is 4.90 Å². The average molecular weight is 286 g/mol. The van der Waals surface area contributed by atoms with Gasteiger partial charge in [0.05, 0.1) is 0 Å². The summed E-state index contributed by atoms with van der Waals surface area (Å²) < 4.78 is 27.3. The molecule has 3 N–H and O–H groups in total. The van der Waals surface area contributed by atoms with Crippen molar-refractivity contribution < 1.29 is 18.3 Å². The first-order valence-corrected chi connectivity index (χ1v) is 7.76.